The number of aliphatic hydroxyl groups is 1. The molecule has 0 saturated carbocycles. The van der Waals surface area contributed by atoms with Crippen LogP contribution < -0.4 is 22.1 Å². The molecule has 0 fully saturated rings. The highest BCUT2D eigenvalue weighted by atomic mass is 32.2. The molecule has 0 aromatic rings. The van der Waals surface area contributed by atoms with Crippen molar-refractivity contribution < 1.29 is 24.6 Å². The summed E-state index contributed by atoms with van der Waals surface area (Å²) < 4.78 is 0. The highest BCUT2D eigenvalue weighted by molar-refractivity contribution is 7.98. The van der Waals surface area contributed by atoms with Gasteiger partial charge in [0, 0.05) is 0 Å². The van der Waals surface area contributed by atoms with Crippen LogP contribution in [0, 0.1) is 0 Å². The van der Waals surface area contributed by atoms with E-state index in [9.17, 15) is 19.5 Å². The van der Waals surface area contributed by atoms with E-state index in [4.69, 9.17) is 16.6 Å². The molecule has 10 heteroatoms. The van der Waals surface area contributed by atoms with Crippen molar-refractivity contribution in [3.63, 3.8) is 0 Å². The lowest BCUT2D eigenvalue weighted by Crippen LogP contribution is -2.55. The van der Waals surface area contributed by atoms with E-state index in [1.54, 1.807) is 0 Å². The molecule has 0 radical (unpaired) electrons. The third-order valence-electron chi connectivity index (χ3n) is 3.35. The Kier molecular flexibility index (Phi) is 12.3. The molecule has 9 nitrogen and oxygen atoms in total. The van der Waals surface area contributed by atoms with Gasteiger partial charge in [-0.25, -0.2) is 4.79 Å². The van der Waals surface area contributed by atoms with Gasteiger partial charge in [0.15, 0.2) is 0 Å². The first kappa shape index (κ1) is 22.6. The van der Waals surface area contributed by atoms with E-state index >= 15 is 0 Å². The molecule has 2 amide bonds. The average molecular weight is 364 g/mol. The Balaban J connectivity index is 4.59. The molecule has 0 heterocycles. The number of nitrogens with two attached hydrogens (primary N) is 2. The number of carboxylic acid groups (broad SMARTS) is 1. The van der Waals surface area contributed by atoms with E-state index in [1.165, 1.54) is 11.8 Å². The van der Waals surface area contributed by atoms with Crippen molar-refractivity contribution in [2.75, 3.05) is 25.2 Å². The van der Waals surface area contributed by atoms with Crippen molar-refractivity contribution in [1.82, 2.24) is 10.6 Å². The van der Waals surface area contributed by atoms with Crippen molar-refractivity contribution in [3.05, 3.63) is 0 Å². The van der Waals surface area contributed by atoms with Crippen molar-refractivity contribution in [1.29, 1.82) is 0 Å². The van der Waals surface area contributed by atoms with Crippen LogP contribution in [-0.2, 0) is 14.4 Å². The summed E-state index contributed by atoms with van der Waals surface area (Å²) in [4.78, 5) is 35.1. The molecule has 24 heavy (non-hydrogen) atoms. The molecule has 140 valence electrons. The van der Waals surface area contributed by atoms with Crippen LogP contribution in [-0.4, -0.2) is 71.3 Å². The highest BCUT2D eigenvalue weighted by Crippen LogP contribution is 2.02. The monoisotopic (exact) mass is 364 g/mol. The summed E-state index contributed by atoms with van der Waals surface area (Å²) in [6, 6.07) is -3.13. The topological polar surface area (TPSA) is 168 Å². The molecule has 0 rings (SSSR count). The second kappa shape index (κ2) is 13.0. The van der Waals surface area contributed by atoms with Crippen molar-refractivity contribution in [3.8, 4) is 0 Å². The number of aliphatic hydroxyl groups excluding tert-OH is 1. The number of hydrogen-bond acceptors (Lipinski definition) is 7. The largest absolute Gasteiger partial charge is 0.480 e. The Morgan fingerprint density at radius 2 is 1.71 bits per heavy atom. The predicted octanol–water partition coefficient (Wildman–Crippen LogP) is -1.76. The number of nitrogens with one attached hydrogen (secondary N) is 2. The minimum atomic E-state index is -1.24. The fourth-order valence-corrected chi connectivity index (χ4v) is 2.36. The second-order valence-electron chi connectivity index (χ2n) is 5.32. The molecule has 0 bridgehead atoms. The van der Waals surface area contributed by atoms with E-state index in [0.29, 0.717) is 31.6 Å². The summed E-state index contributed by atoms with van der Waals surface area (Å²) in [6.45, 7) is -0.217. The lowest BCUT2D eigenvalue weighted by atomic mass is 10.1. The zero-order valence-electron chi connectivity index (χ0n) is 13.9. The van der Waals surface area contributed by atoms with Gasteiger partial charge >= 0.3 is 5.97 Å². The number of carbonyl (C=O) groups is 3. The minimum absolute atomic E-state index is 0.220. The highest BCUT2D eigenvalue weighted by Gasteiger charge is 2.27. The van der Waals surface area contributed by atoms with Gasteiger partial charge in [-0.15, -0.1) is 0 Å². The summed E-state index contributed by atoms with van der Waals surface area (Å²) in [5.41, 5.74) is 11.0. The number of unbranched alkanes of at least 4 members (excludes halogenated alkanes) is 1. The Hall–Kier alpha value is -1.36. The van der Waals surface area contributed by atoms with Gasteiger partial charge in [-0.3, -0.25) is 9.59 Å². The molecule has 0 aromatic carbocycles. The van der Waals surface area contributed by atoms with Crippen molar-refractivity contribution >= 4 is 29.5 Å². The van der Waals surface area contributed by atoms with Gasteiger partial charge in [0.25, 0.3) is 0 Å². The van der Waals surface area contributed by atoms with E-state index in [0.717, 1.165) is 0 Å². The van der Waals surface area contributed by atoms with Gasteiger partial charge in [0.05, 0.1) is 12.6 Å². The number of aliphatic carboxylic acids is 1. The van der Waals surface area contributed by atoms with Gasteiger partial charge in [0.1, 0.15) is 12.1 Å². The lowest BCUT2D eigenvalue weighted by Gasteiger charge is -2.21. The smallest absolute Gasteiger partial charge is 0.326 e. The molecule has 0 spiro atoms. The maximum Gasteiger partial charge on any atom is 0.326 e. The third kappa shape index (κ3) is 9.06. The molecule has 3 unspecified atom stereocenters. The van der Waals surface area contributed by atoms with Crippen molar-refractivity contribution in [2.45, 2.75) is 43.8 Å². The first-order valence-corrected chi connectivity index (χ1v) is 9.15. The molecular weight excluding hydrogens is 336 g/mol. The summed E-state index contributed by atoms with van der Waals surface area (Å²) in [6.07, 6.45) is 3.72. The zero-order chi connectivity index (χ0) is 18.5. The van der Waals surface area contributed by atoms with Crippen LogP contribution in [0.15, 0.2) is 0 Å². The van der Waals surface area contributed by atoms with Gasteiger partial charge in [0.2, 0.25) is 11.8 Å². The standard InChI is InChI=1S/C14H28N4O5S/c1-24-7-5-9(16)12(20)18-11(8-19)13(21)17-10(14(22)23)4-2-3-6-15/h9-11,19H,2-8,15-16H2,1H3,(H,17,21)(H,18,20)(H,22,23). The summed E-state index contributed by atoms with van der Waals surface area (Å²) in [5.74, 6) is -1.82. The third-order valence-corrected chi connectivity index (χ3v) is 3.99. The molecule has 3 atom stereocenters. The molecule has 0 aliphatic heterocycles. The van der Waals surface area contributed by atoms with E-state index in [-0.39, 0.29) is 6.42 Å². The van der Waals surface area contributed by atoms with Crippen LogP contribution in [0.3, 0.4) is 0 Å². The first-order chi connectivity index (χ1) is 11.4. The Morgan fingerprint density at radius 1 is 1.08 bits per heavy atom. The number of carbonyl (C=O) groups excluding carboxylic acids is 2. The summed E-state index contributed by atoms with van der Waals surface area (Å²) >= 11 is 1.54. The fourth-order valence-electron chi connectivity index (χ4n) is 1.87. The lowest BCUT2D eigenvalue weighted by molar-refractivity contribution is -0.142. The quantitative estimate of drug-likeness (QED) is 0.209. The Morgan fingerprint density at radius 3 is 2.21 bits per heavy atom. The normalized spacial score (nSPS) is 14.5. The predicted molar refractivity (Wildman–Crippen MR) is 92.5 cm³/mol. The zero-order valence-corrected chi connectivity index (χ0v) is 14.7. The number of hydrogen-bond donors (Lipinski definition) is 6. The van der Waals surface area contributed by atoms with E-state index in [1.807, 2.05) is 6.26 Å². The molecule has 8 N–H and O–H groups in total. The molecule has 0 aliphatic rings. The molecule has 0 aromatic heterocycles. The summed E-state index contributed by atoms with van der Waals surface area (Å²) in [5, 5.41) is 23.1. The van der Waals surface area contributed by atoms with Gasteiger partial charge < -0.3 is 32.3 Å². The van der Waals surface area contributed by atoms with Crippen LogP contribution in [0.5, 0.6) is 0 Å². The molecule has 0 aliphatic carbocycles. The van der Waals surface area contributed by atoms with Gasteiger partial charge in [-0.05, 0) is 44.2 Å². The number of amides is 2. The van der Waals surface area contributed by atoms with Crippen LogP contribution in [0.4, 0.5) is 0 Å². The fraction of sp³-hybridized carbons (Fsp3) is 0.786. The number of carboxylic acids is 1. The van der Waals surface area contributed by atoms with Gasteiger partial charge in [-0.2, -0.15) is 11.8 Å². The van der Waals surface area contributed by atoms with E-state index < -0.39 is 42.5 Å². The maximum atomic E-state index is 12.1. The van der Waals surface area contributed by atoms with Crippen LogP contribution >= 0.6 is 11.8 Å². The first-order valence-electron chi connectivity index (χ1n) is 7.76. The SMILES string of the molecule is CSCCC(N)C(=O)NC(CO)C(=O)NC(CCCCN)C(=O)O. The Bertz CT molecular complexity index is 411. The molecular formula is C14H28N4O5S. The van der Waals surface area contributed by atoms with Crippen LogP contribution in [0.2, 0.25) is 0 Å². The average Bonchev–Trinajstić information content (AvgIpc) is 2.55. The van der Waals surface area contributed by atoms with E-state index in [2.05, 4.69) is 10.6 Å². The number of thioether (sulfide) groups is 1. The second-order valence-corrected chi connectivity index (χ2v) is 6.30. The van der Waals surface area contributed by atoms with Gasteiger partial charge in [-0.1, -0.05) is 0 Å². The Labute approximate surface area is 145 Å². The van der Waals surface area contributed by atoms with Crippen LogP contribution in [0.1, 0.15) is 25.7 Å². The molecule has 0 saturated heterocycles. The number of rotatable bonds is 13. The van der Waals surface area contributed by atoms with Crippen molar-refractivity contribution in [2.24, 2.45) is 11.5 Å². The minimum Gasteiger partial charge on any atom is -0.480 e. The summed E-state index contributed by atoms with van der Waals surface area (Å²) in [7, 11) is 0. The maximum absolute atomic E-state index is 12.1. The van der Waals surface area contributed by atoms with Crippen LogP contribution in [0.25, 0.3) is 0 Å².